The quantitative estimate of drug-likeness (QED) is 0.725. The summed E-state index contributed by atoms with van der Waals surface area (Å²) in [5.74, 6) is -0.815. The normalized spacial score (nSPS) is 10.8. The maximum atomic E-state index is 14.4. The van der Waals surface area contributed by atoms with Gasteiger partial charge in [0.15, 0.2) is 5.82 Å². The summed E-state index contributed by atoms with van der Waals surface area (Å²) >= 11 is 0. The Morgan fingerprint density at radius 3 is 2.70 bits per heavy atom. The first-order valence-electron chi connectivity index (χ1n) is 8.63. The second kappa shape index (κ2) is 7.99. The minimum atomic E-state index is -0.562. The standard InChI is InChI=1S/C20H20FN3O3/c1-3-24-12-16(20(26)23-9-6-13-4-7-22-8-5-13)19(25)15-10-14(27-2)11-17(21)18(15)24/h4-5,7-8,10-12H,3,6,9H2,1-2H3,(H,23,26). The summed E-state index contributed by atoms with van der Waals surface area (Å²) in [5.41, 5.74) is 0.652. The summed E-state index contributed by atoms with van der Waals surface area (Å²) in [6.45, 7) is 2.61. The lowest BCUT2D eigenvalue weighted by molar-refractivity contribution is 0.0952. The molecule has 1 N–H and O–H groups in total. The van der Waals surface area contributed by atoms with Crippen LogP contribution < -0.4 is 15.5 Å². The van der Waals surface area contributed by atoms with Crippen molar-refractivity contribution in [1.29, 1.82) is 0 Å². The molecule has 0 aliphatic rings. The first-order chi connectivity index (χ1) is 13.0. The number of rotatable bonds is 6. The van der Waals surface area contributed by atoms with Gasteiger partial charge in [0, 0.05) is 37.7 Å². The minimum absolute atomic E-state index is 0.0215. The summed E-state index contributed by atoms with van der Waals surface area (Å²) in [7, 11) is 1.40. The van der Waals surface area contributed by atoms with Gasteiger partial charge in [-0.15, -0.1) is 0 Å². The molecule has 1 aromatic carbocycles. The van der Waals surface area contributed by atoms with Crippen LogP contribution in [-0.4, -0.2) is 29.1 Å². The molecule has 0 unspecified atom stereocenters. The zero-order valence-electron chi connectivity index (χ0n) is 15.2. The number of halogens is 1. The zero-order valence-corrected chi connectivity index (χ0v) is 15.2. The van der Waals surface area contributed by atoms with Crippen LogP contribution >= 0.6 is 0 Å². The predicted octanol–water partition coefficient (Wildman–Crippen LogP) is 2.54. The summed E-state index contributed by atoms with van der Waals surface area (Å²) in [5, 5.41) is 2.87. The van der Waals surface area contributed by atoms with Gasteiger partial charge in [0.05, 0.1) is 18.0 Å². The Bertz CT molecular complexity index is 1030. The lowest BCUT2D eigenvalue weighted by atomic mass is 10.1. The Labute approximate surface area is 155 Å². The van der Waals surface area contributed by atoms with Gasteiger partial charge in [-0.25, -0.2) is 4.39 Å². The second-order valence-corrected chi connectivity index (χ2v) is 6.02. The molecule has 0 saturated heterocycles. The van der Waals surface area contributed by atoms with Crippen molar-refractivity contribution in [2.45, 2.75) is 19.9 Å². The molecule has 0 radical (unpaired) electrons. The third kappa shape index (κ3) is 3.81. The molecule has 3 rings (SSSR count). The molecule has 0 atom stereocenters. The Kier molecular flexibility index (Phi) is 5.49. The molecule has 2 aromatic heterocycles. The van der Waals surface area contributed by atoms with Crippen LogP contribution in [0.3, 0.4) is 0 Å². The highest BCUT2D eigenvalue weighted by Crippen LogP contribution is 2.23. The molecule has 6 nitrogen and oxygen atoms in total. The van der Waals surface area contributed by atoms with Crippen molar-refractivity contribution in [1.82, 2.24) is 14.9 Å². The Morgan fingerprint density at radius 2 is 2.04 bits per heavy atom. The van der Waals surface area contributed by atoms with E-state index in [0.29, 0.717) is 19.5 Å². The van der Waals surface area contributed by atoms with Crippen molar-refractivity contribution < 1.29 is 13.9 Å². The second-order valence-electron chi connectivity index (χ2n) is 6.02. The van der Waals surface area contributed by atoms with E-state index in [9.17, 15) is 14.0 Å². The van der Waals surface area contributed by atoms with Crippen LogP contribution in [0.2, 0.25) is 0 Å². The van der Waals surface area contributed by atoms with E-state index >= 15 is 0 Å². The lowest BCUT2D eigenvalue weighted by Gasteiger charge is -2.13. The number of aryl methyl sites for hydroxylation is 1. The number of nitrogens with one attached hydrogen (secondary N) is 1. The van der Waals surface area contributed by atoms with E-state index in [-0.39, 0.29) is 22.2 Å². The van der Waals surface area contributed by atoms with E-state index in [0.717, 1.165) is 5.56 Å². The Balaban J connectivity index is 1.92. The van der Waals surface area contributed by atoms with Crippen LogP contribution in [0.4, 0.5) is 4.39 Å². The Hall–Kier alpha value is -3.22. The molecule has 3 aromatic rings. The van der Waals surface area contributed by atoms with Crippen molar-refractivity contribution >= 4 is 16.8 Å². The monoisotopic (exact) mass is 369 g/mol. The zero-order chi connectivity index (χ0) is 19.4. The molecule has 0 fully saturated rings. The molecule has 1 amide bonds. The van der Waals surface area contributed by atoms with E-state index in [1.165, 1.54) is 25.4 Å². The van der Waals surface area contributed by atoms with E-state index in [4.69, 9.17) is 4.74 Å². The van der Waals surface area contributed by atoms with Crippen LogP contribution in [-0.2, 0) is 13.0 Å². The highest BCUT2D eigenvalue weighted by molar-refractivity contribution is 5.97. The molecule has 0 aliphatic heterocycles. The van der Waals surface area contributed by atoms with Crippen molar-refractivity contribution in [3.63, 3.8) is 0 Å². The van der Waals surface area contributed by atoms with E-state index in [1.54, 1.807) is 17.0 Å². The fraction of sp³-hybridized carbons (Fsp3) is 0.250. The van der Waals surface area contributed by atoms with Crippen LogP contribution in [0.1, 0.15) is 22.8 Å². The van der Waals surface area contributed by atoms with Gasteiger partial charge >= 0.3 is 0 Å². The van der Waals surface area contributed by atoms with E-state index < -0.39 is 17.2 Å². The van der Waals surface area contributed by atoms with Crippen molar-refractivity contribution in [2.24, 2.45) is 0 Å². The topological polar surface area (TPSA) is 73.2 Å². The number of aromatic nitrogens is 2. The van der Waals surface area contributed by atoms with E-state index in [1.807, 2.05) is 19.1 Å². The number of ether oxygens (including phenoxy) is 1. The van der Waals surface area contributed by atoms with Crippen LogP contribution in [0, 0.1) is 5.82 Å². The molecular formula is C20H20FN3O3. The molecule has 7 heteroatoms. The fourth-order valence-electron chi connectivity index (χ4n) is 2.96. The third-order valence-electron chi connectivity index (χ3n) is 4.37. The first kappa shape index (κ1) is 18.6. The van der Waals surface area contributed by atoms with E-state index in [2.05, 4.69) is 10.3 Å². The molecule has 0 spiro atoms. The van der Waals surface area contributed by atoms with Crippen molar-refractivity contribution in [3.05, 3.63) is 70.0 Å². The number of fused-ring (bicyclic) bond motifs is 1. The number of pyridine rings is 2. The first-order valence-corrected chi connectivity index (χ1v) is 8.63. The summed E-state index contributed by atoms with van der Waals surface area (Å²) in [6.07, 6.45) is 5.39. The third-order valence-corrected chi connectivity index (χ3v) is 4.37. The molecule has 0 saturated carbocycles. The number of carbonyl (C=O) groups excluding carboxylic acids is 1. The number of carbonyl (C=O) groups is 1. The summed E-state index contributed by atoms with van der Waals surface area (Å²) in [6, 6.07) is 6.41. The number of hydrogen-bond donors (Lipinski definition) is 1. The van der Waals surface area contributed by atoms with Gasteiger partial charge in [-0.1, -0.05) is 0 Å². The van der Waals surface area contributed by atoms with Gasteiger partial charge in [0.2, 0.25) is 5.43 Å². The average molecular weight is 369 g/mol. The lowest BCUT2D eigenvalue weighted by Crippen LogP contribution is -2.31. The number of nitrogens with zero attached hydrogens (tertiary/aromatic N) is 2. The molecule has 0 bridgehead atoms. The maximum absolute atomic E-state index is 14.4. The molecule has 27 heavy (non-hydrogen) atoms. The maximum Gasteiger partial charge on any atom is 0.256 e. The summed E-state index contributed by atoms with van der Waals surface area (Å²) < 4.78 is 21.0. The largest absolute Gasteiger partial charge is 0.497 e. The smallest absolute Gasteiger partial charge is 0.256 e. The predicted molar refractivity (Wildman–Crippen MR) is 101 cm³/mol. The minimum Gasteiger partial charge on any atom is -0.497 e. The summed E-state index contributed by atoms with van der Waals surface area (Å²) in [4.78, 5) is 29.3. The molecule has 140 valence electrons. The number of methoxy groups -OCH3 is 1. The highest BCUT2D eigenvalue weighted by atomic mass is 19.1. The van der Waals surface area contributed by atoms with Gasteiger partial charge in [-0.2, -0.15) is 0 Å². The average Bonchev–Trinajstić information content (AvgIpc) is 2.69. The highest BCUT2D eigenvalue weighted by Gasteiger charge is 2.18. The number of hydrogen-bond acceptors (Lipinski definition) is 4. The molecule has 0 aliphatic carbocycles. The van der Waals surface area contributed by atoms with Gasteiger partial charge in [-0.3, -0.25) is 14.6 Å². The number of benzene rings is 1. The SMILES string of the molecule is CCn1cc(C(=O)NCCc2ccncc2)c(=O)c2cc(OC)cc(F)c21. The van der Waals surface area contributed by atoms with Crippen molar-refractivity contribution in [2.75, 3.05) is 13.7 Å². The van der Waals surface area contributed by atoms with Crippen LogP contribution in [0.25, 0.3) is 10.9 Å². The number of amides is 1. The van der Waals surface area contributed by atoms with Crippen molar-refractivity contribution in [3.8, 4) is 5.75 Å². The van der Waals surface area contributed by atoms with Crippen LogP contribution in [0.15, 0.2) is 47.7 Å². The van der Waals surface area contributed by atoms with Gasteiger partial charge in [-0.05, 0) is 37.1 Å². The fourth-order valence-corrected chi connectivity index (χ4v) is 2.96. The molecular weight excluding hydrogens is 349 g/mol. The van der Waals surface area contributed by atoms with Gasteiger partial charge in [0.1, 0.15) is 11.3 Å². The Morgan fingerprint density at radius 1 is 1.30 bits per heavy atom. The van der Waals surface area contributed by atoms with Crippen LogP contribution in [0.5, 0.6) is 5.75 Å². The molecule has 2 heterocycles. The van der Waals surface area contributed by atoms with Gasteiger partial charge < -0.3 is 14.6 Å². The van der Waals surface area contributed by atoms with Gasteiger partial charge in [0.25, 0.3) is 5.91 Å².